The minimum atomic E-state index is -1.75. The molecule has 1 unspecified atom stereocenters. The molecule has 186 valence electrons. The SMILES string of the molecule is CCCCCCC[C@H](CCO[C@H]1[C@H](C)[C@@H](COC)OC(O[C@@H](N)C(Cl)(Cl)Cl)[C@@H]1C)OC. The lowest BCUT2D eigenvalue weighted by atomic mass is 9.85. The van der Waals surface area contributed by atoms with Crippen molar-refractivity contribution in [2.45, 2.75) is 100 Å². The van der Waals surface area contributed by atoms with Crippen molar-refractivity contribution in [3.63, 3.8) is 0 Å². The normalized spacial score (nSPS) is 29.1. The lowest BCUT2D eigenvalue weighted by Gasteiger charge is -2.45. The molecule has 0 aliphatic carbocycles. The zero-order valence-electron chi connectivity index (χ0n) is 19.7. The van der Waals surface area contributed by atoms with E-state index in [1.807, 2.05) is 6.92 Å². The van der Waals surface area contributed by atoms with Gasteiger partial charge in [-0.3, -0.25) is 0 Å². The summed E-state index contributed by atoms with van der Waals surface area (Å²) in [7, 11) is 3.41. The molecule has 1 rings (SSSR count). The highest BCUT2D eigenvalue weighted by atomic mass is 35.6. The molecule has 6 nitrogen and oxygen atoms in total. The minimum Gasteiger partial charge on any atom is -0.382 e. The number of halogens is 3. The maximum atomic E-state index is 6.32. The average Bonchev–Trinajstić information content (AvgIpc) is 2.71. The summed E-state index contributed by atoms with van der Waals surface area (Å²) in [6.45, 7) is 7.33. The van der Waals surface area contributed by atoms with Crippen LogP contribution in [0.2, 0.25) is 0 Å². The van der Waals surface area contributed by atoms with Crippen molar-refractivity contribution in [3.8, 4) is 0 Å². The molecule has 1 saturated heterocycles. The van der Waals surface area contributed by atoms with Crippen LogP contribution in [0.5, 0.6) is 0 Å². The Morgan fingerprint density at radius 3 is 2.26 bits per heavy atom. The van der Waals surface area contributed by atoms with Gasteiger partial charge in [0.2, 0.25) is 3.79 Å². The van der Waals surface area contributed by atoms with Crippen LogP contribution in [0.4, 0.5) is 0 Å². The van der Waals surface area contributed by atoms with Crippen LogP contribution in [0.25, 0.3) is 0 Å². The number of unbranched alkanes of at least 4 members (excludes halogenated alkanes) is 4. The Kier molecular flexibility index (Phi) is 14.8. The summed E-state index contributed by atoms with van der Waals surface area (Å²) in [4.78, 5) is 0. The van der Waals surface area contributed by atoms with E-state index in [4.69, 9.17) is 64.2 Å². The summed E-state index contributed by atoms with van der Waals surface area (Å²) >= 11 is 17.6. The zero-order valence-corrected chi connectivity index (χ0v) is 21.9. The van der Waals surface area contributed by atoms with Crippen LogP contribution in [0, 0.1) is 11.8 Å². The minimum absolute atomic E-state index is 0.100. The van der Waals surface area contributed by atoms with Crippen LogP contribution in [-0.4, -0.2) is 62.1 Å². The smallest absolute Gasteiger partial charge is 0.229 e. The number of methoxy groups -OCH3 is 2. The van der Waals surface area contributed by atoms with Gasteiger partial charge < -0.3 is 29.4 Å². The molecule has 0 radical (unpaired) electrons. The highest BCUT2D eigenvalue weighted by Gasteiger charge is 2.45. The molecule has 1 aliphatic rings. The fourth-order valence-electron chi connectivity index (χ4n) is 3.99. The predicted molar refractivity (Wildman–Crippen MR) is 127 cm³/mol. The second-order valence-electron chi connectivity index (χ2n) is 8.50. The summed E-state index contributed by atoms with van der Waals surface area (Å²) in [5.74, 6) is 0.00497. The first-order valence-corrected chi connectivity index (χ1v) is 12.6. The van der Waals surface area contributed by atoms with Crippen LogP contribution in [-0.2, 0) is 23.7 Å². The van der Waals surface area contributed by atoms with Crippen LogP contribution >= 0.6 is 34.8 Å². The van der Waals surface area contributed by atoms with Crippen molar-refractivity contribution in [3.05, 3.63) is 0 Å². The maximum Gasteiger partial charge on any atom is 0.229 e. The van der Waals surface area contributed by atoms with Gasteiger partial charge in [-0.15, -0.1) is 0 Å². The van der Waals surface area contributed by atoms with Gasteiger partial charge in [0.05, 0.1) is 24.9 Å². The first-order valence-electron chi connectivity index (χ1n) is 11.4. The van der Waals surface area contributed by atoms with E-state index >= 15 is 0 Å². The third-order valence-electron chi connectivity index (χ3n) is 6.01. The van der Waals surface area contributed by atoms with Gasteiger partial charge in [-0.1, -0.05) is 87.7 Å². The molecule has 0 aromatic carbocycles. The Morgan fingerprint density at radius 1 is 1.00 bits per heavy atom. The van der Waals surface area contributed by atoms with Gasteiger partial charge in [0.15, 0.2) is 12.5 Å². The Hall–Kier alpha value is 0.630. The van der Waals surface area contributed by atoms with Crippen molar-refractivity contribution < 1.29 is 23.7 Å². The van der Waals surface area contributed by atoms with E-state index in [2.05, 4.69) is 13.8 Å². The van der Waals surface area contributed by atoms with Crippen LogP contribution in [0.3, 0.4) is 0 Å². The van der Waals surface area contributed by atoms with E-state index in [0.717, 1.165) is 12.8 Å². The Balaban J connectivity index is 2.63. The van der Waals surface area contributed by atoms with E-state index in [1.54, 1.807) is 14.2 Å². The molecular formula is C22H42Cl3NO5. The van der Waals surface area contributed by atoms with Gasteiger partial charge in [0.25, 0.3) is 0 Å². The summed E-state index contributed by atoms with van der Waals surface area (Å²) < 4.78 is 27.4. The number of hydrogen-bond donors (Lipinski definition) is 1. The van der Waals surface area contributed by atoms with Crippen molar-refractivity contribution in [2.75, 3.05) is 27.4 Å². The van der Waals surface area contributed by atoms with Crippen LogP contribution in [0.15, 0.2) is 0 Å². The number of rotatable bonds is 15. The van der Waals surface area contributed by atoms with Gasteiger partial charge in [-0.25, -0.2) is 0 Å². The lowest BCUT2D eigenvalue weighted by Crippen LogP contribution is -2.55. The second-order valence-corrected chi connectivity index (χ2v) is 10.9. The molecule has 1 aliphatic heterocycles. The summed E-state index contributed by atoms with van der Waals surface area (Å²) in [6.07, 6.45) is 6.28. The van der Waals surface area contributed by atoms with Crippen molar-refractivity contribution in [1.29, 1.82) is 0 Å². The molecule has 0 aromatic heterocycles. The summed E-state index contributed by atoms with van der Waals surface area (Å²) in [5, 5.41) is 0. The van der Waals surface area contributed by atoms with E-state index in [0.29, 0.717) is 13.2 Å². The Morgan fingerprint density at radius 2 is 1.68 bits per heavy atom. The third kappa shape index (κ3) is 10.6. The quantitative estimate of drug-likeness (QED) is 0.181. The van der Waals surface area contributed by atoms with Gasteiger partial charge in [0, 0.05) is 32.7 Å². The van der Waals surface area contributed by atoms with E-state index in [1.165, 1.54) is 32.1 Å². The zero-order chi connectivity index (χ0) is 23.4. The molecule has 1 fully saturated rings. The molecule has 2 N–H and O–H groups in total. The monoisotopic (exact) mass is 505 g/mol. The number of ether oxygens (including phenoxy) is 5. The topological polar surface area (TPSA) is 72.2 Å². The van der Waals surface area contributed by atoms with E-state index in [9.17, 15) is 0 Å². The molecule has 0 aromatic rings. The van der Waals surface area contributed by atoms with Crippen molar-refractivity contribution in [2.24, 2.45) is 17.6 Å². The van der Waals surface area contributed by atoms with Crippen molar-refractivity contribution >= 4 is 34.8 Å². The molecule has 31 heavy (non-hydrogen) atoms. The highest BCUT2D eigenvalue weighted by molar-refractivity contribution is 6.68. The molecule has 9 heteroatoms. The van der Waals surface area contributed by atoms with Gasteiger partial charge in [-0.05, 0) is 12.8 Å². The van der Waals surface area contributed by atoms with Crippen molar-refractivity contribution in [1.82, 2.24) is 0 Å². The number of nitrogens with two attached hydrogens (primary N) is 1. The highest BCUT2D eigenvalue weighted by Crippen LogP contribution is 2.37. The van der Waals surface area contributed by atoms with E-state index in [-0.39, 0.29) is 30.1 Å². The molecule has 0 spiro atoms. The fourth-order valence-corrected chi connectivity index (χ4v) is 4.15. The number of alkyl halides is 3. The summed E-state index contributed by atoms with van der Waals surface area (Å²) in [5.41, 5.74) is 5.89. The Labute approximate surface area is 203 Å². The van der Waals surface area contributed by atoms with Gasteiger partial charge in [0.1, 0.15) is 0 Å². The predicted octanol–water partition coefficient (Wildman–Crippen LogP) is 5.45. The van der Waals surface area contributed by atoms with Gasteiger partial charge in [-0.2, -0.15) is 0 Å². The average molecular weight is 507 g/mol. The standard InChI is InChI=1S/C22H42Cl3NO5/c1-6-7-8-9-10-11-17(28-5)12-13-29-19-15(2)18(14-27-4)30-20(16(19)3)31-21(26)22(23,24)25/h15-21H,6-14,26H2,1-5H3/t15-,16-,17-,18-,19+,20?,21-/m1/s1. The summed E-state index contributed by atoms with van der Waals surface area (Å²) in [6, 6.07) is 0. The Bertz CT molecular complexity index is 469. The molecular weight excluding hydrogens is 465 g/mol. The largest absolute Gasteiger partial charge is 0.382 e. The molecule has 7 atom stereocenters. The lowest BCUT2D eigenvalue weighted by molar-refractivity contribution is -0.287. The van der Waals surface area contributed by atoms with Crippen LogP contribution in [0.1, 0.15) is 65.7 Å². The van der Waals surface area contributed by atoms with E-state index < -0.39 is 16.3 Å². The number of hydrogen-bond acceptors (Lipinski definition) is 6. The molecule has 1 heterocycles. The van der Waals surface area contributed by atoms with Crippen LogP contribution < -0.4 is 5.73 Å². The first-order chi connectivity index (χ1) is 14.6. The molecule has 0 saturated carbocycles. The second kappa shape index (κ2) is 15.5. The third-order valence-corrected chi connectivity index (χ3v) is 6.65. The maximum absolute atomic E-state index is 6.32. The molecule has 0 bridgehead atoms. The fraction of sp³-hybridized carbons (Fsp3) is 1.00. The first kappa shape index (κ1) is 29.7. The molecule has 0 amide bonds. The van der Waals surface area contributed by atoms with Gasteiger partial charge >= 0.3 is 0 Å².